The molecule has 0 unspecified atom stereocenters. The van der Waals surface area contributed by atoms with Crippen molar-refractivity contribution in [1.82, 2.24) is 14.8 Å². The highest BCUT2D eigenvalue weighted by atomic mass is 32.2. The van der Waals surface area contributed by atoms with Crippen LogP contribution in [0.3, 0.4) is 0 Å². The standard InChI is InChI=1S/C13H20N4O2S2/c1-6-11-7-20-13(14-11)16-21(18,19)12-9(4)15-17(8(2)3)10(12)5/h7-8H,6H2,1-5H3,(H,14,16). The van der Waals surface area contributed by atoms with Crippen LogP contribution in [0.2, 0.25) is 0 Å². The number of aryl methyl sites for hydroxylation is 2. The Hall–Kier alpha value is -1.41. The Kier molecular flexibility index (Phi) is 4.38. The van der Waals surface area contributed by atoms with Gasteiger partial charge < -0.3 is 0 Å². The molecule has 0 saturated carbocycles. The minimum Gasteiger partial charge on any atom is -0.266 e. The van der Waals surface area contributed by atoms with Gasteiger partial charge >= 0.3 is 0 Å². The van der Waals surface area contributed by atoms with Crippen molar-refractivity contribution in [3.05, 3.63) is 22.5 Å². The number of nitrogens with one attached hydrogen (secondary N) is 1. The molecular formula is C13H20N4O2S2. The minimum atomic E-state index is -3.67. The van der Waals surface area contributed by atoms with Gasteiger partial charge in [0.15, 0.2) is 5.13 Å². The molecule has 0 aliphatic rings. The molecule has 116 valence electrons. The van der Waals surface area contributed by atoms with Crippen molar-refractivity contribution in [3.63, 3.8) is 0 Å². The predicted octanol–water partition coefficient (Wildman–Crippen LogP) is 2.90. The Labute approximate surface area is 129 Å². The van der Waals surface area contributed by atoms with E-state index in [2.05, 4.69) is 14.8 Å². The molecule has 0 saturated heterocycles. The number of rotatable bonds is 5. The van der Waals surface area contributed by atoms with Crippen LogP contribution in [0, 0.1) is 13.8 Å². The maximum absolute atomic E-state index is 12.6. The molecule has 2 aromatic rings. The van der Waals surface area contributed by atoms with Gasteiger partial charge in [-0.2, -0.15) is 5.10 Å². The maximum atomic E-state index is 12.6. The fraction of sp³-hybridized carbons (Fsp3) is 0.538. The zero-order valence-corrected chi connectivity index (χ0v) is 14.5. The Morgan fingerprint density at radius 3 is 2.52 bits per heavy atom. The van der Waals surface area contributed by atoms with E-state index >= 15 is 0 Å². The van der Waals surface area contributed by atoms with Crippen LogP contribution in [0.15, 0.2) is 10.3 Å². The fourth-order valence-corrected chi connectivity index (χ4v) is 4.67. The molecule has 0 atom stereocenters. The molecule has 0 radical (unpaired) electrons. The average Bonchev–Trinajstić information content (AvgIpc) is 2.93. The Balaban J connectivity index is 2.40. The number of nitrogens with zero attached hydrogens (tertiary/aromatic N) is 3. The number of aromatic nitrogens is 3. The topological polar surface area (TPSA) is 76.9 Å². The van der Waals surface area contributed by atoms with E-state index < -0.39 is 10.0 Å². The minimum absolute atomic E-state index is 0.110. The summed E-state index contributed by atoms with van der Waals surface area (Å²) >= 11 is 1.29. The van der Waals surface area contributed by atoms with Crippen molar-refractivity contribution in [2.45, 2.75) is 52.0 Å². The van der Waals surface area contributed by atoms with Gasteiger partial charge in [-0.3, -0.25) is 9.40 Å². The number of hydrogen-bond acceptors (Lipinski definition) is 5. The molecule has 2 heterocycles. The van der Waals surface area contributed by atoms with Crippen molar-refractivity contribution >= 4 is 26.5 Å². The van der Waals surface area contributed by atoms with E-state index in [1.807, 2.05) is 26.2 Å². The van der Waals surface area contributed by atoms with Gasteiger partial charge in [0.05, 0.1) is 17.1 Å². The smallest absolute Gasteiger partial charge is 0.266 e. The van der Waals surface area contributed by atoms with Gasteiger partial charge in [0.2, 0.25) is 0 Å². The van der Waals surface area contributed by atoms with Crippen LogP contribution in [-0.4, -0.2) is 23.2 Å². The molecule has 2 rings (SSSR count). The highest BCUT2D eigenvalue weighted by Crippen LogP contribution is 2.26. The lowest BCUT2D eigenvalue weighted by atomic mass is 10.3. The van der Waals surface area contributed by atoms with Crippen LogP contribution in [0.4, 0.5) is 5.13 Å². The monoisotopic (exact) mass is 328 g/mol. The second-order valence-corrected chi connectivity index (χ2v) is 7.62. The van der Waals surface area contributed by atoms with Crippen LogP contribution in [0.25, 0.3) is 0 Å². The third-order valence-corrected chi connectivity index (χ3v) is 5.68. The molecule has 0 aliphatic heterocycles. The zero-order chi connectivity index (χ0) is 15.8. The lowest BCUT2D eigenvalue weighted by molar-refractivity contribution is 0.514. The highest BCUT2D eigenvalue weighted by molar-refractivity contribution is 7.93. The van der Waals surface area contributed by atoms with Gasteiger partial charge in [0.1, 0.15) is 4.90 Å². The number of sulfonamides is 1. The molecule has 2 aromatic heterocycles. The largest absolute Gasteiger partial charge is 0.267 e. The SMILES string of the molecule is CCc1csc(NS(=O)(=O)c2c(C)nn(C(C)C)c2C)n1. The first-order valence-electron chi connectivity index (χ1n) is 6.79. The molecular weight excluding hydrogens is 308 g/mol. The zero-order valence-electron chi connectivity index (χ0n) is 12.8. The third kappa shape index (κ3) is 3.11. The average molecular weight is 328 g/mol. The fourth-order valence-electron chi connectivity index (χ4n) is 2.22. The summed E-state index contributed by atoms with van der Waals surface area (Å²) in [6.07, 6.45) is 0.779. The molecule has 6 nitrogen and oxygen atoms in total. The van der Waals surface area contributed by atoms with Crippen LogP contribution < -0.4 is 4.72 Å². The van der Waals surface area contributed by atoms with E-state index in [0.717, 1.165) is 12.1 Å². The number of anilines is 1. The van der Waals surface area contributed by atoms with E-state index in [-0.39, 0.29) is 10.9 Å². The third-order valence-electron chi connectivity index (χ3n) is 3.15. The molecule has 0 fully saturated rings. The van der Waals surface area contributed by atoms with Crippen LogP contribution in [0.5, 0.6) is 0 Å². The summed E-state index contributed by atoms with van der Waals surface area (Å²) in [5, 5.41) is 6.57. The van der Waals surface area contributed by atoms with Gasteiger partial charge in [-0.15, -0.1) is 11.3 Å². The molecule has 0 bridgehead atoms. The van der Waals surface area contributed by atoms with Crippen molar-refractivity contribution in [3.8, 4) is 0 Å². The molecule has 8 heteroatoms. The first kappa shape index (κ1) is 16.0. The summed E-state index contributed by atoms with van der Waals surface area (Å²) in [5.41, 5.74) is 2.02. The van der Waals surface area contributed by atoms with Gasteiger partial charge in [-0.1, -0.05) is 6.92 Å². The lowest BCUT2D eigenvalue weighted by Crippen LogP contribution is -2.15. The number of thiazole rings is 1. The predicted molar refractivity (Wildman–Crippen MR) is 84.4 cm³/mol. The molecule has 1 N–H and O–H groups in total. The molecule has 0 aromatic carbocycles. The molecule has 0 spiro atoms. The summed E-state index contributed by atoms with van der Waals surface area (Å²) in [6.45, 7) is 9.40. The number of hydrogen-bond donors (Lipinski definition) is 1. The normalized spacial score (nSPS) is 12.1. The Morgan fingerprint density at radius 1 is 1.38 bits per heavy atom. The van der Waals surface area contributed by atoms with Crippen molar-refractivity contribution in [1.29, 1.82) is 0 Å². The van der Waals surface area contributed by atoms with Crippen LogP contribution in [-0.2, 0) is 16.4 Å². The van der Waals surface area contributed by atoms with Gasteiger partial charge in [0, 0.05) is 11.4 Å². The van der Waals surface area contributed by atoms with E-state index in [1.165, 1.54) is 11.3 Å². The summed E-state index contributed by atoms with van der Waals surface area (Å²) in [4.78, 5) is 4.48. The van der Waals surface area contributed by atoms with Crippen LogP contribution >= 0.6 is 11.3 Å². The van der Waals surface area contributed by atoms with E-state index in [4.69, 9.17) is 0 Å². The summed E-state index contributed by atoms with van der Waals surface area (Å²) < 4.78 is 29.4. The molecule has 21 heavy (non-hydrogen) atoms. The second kappa shape index (κ2) is 5.76. The summed E-state index contributed by atoms with van der Waals surface area (Å²) in [5.74, 6) is 0. The van der Waals surface area contributed by atoms with Gasteiger partial charge in [-0.05, 0) is 34.1 Å². The Bertz CT molecular complexity index is 744. The molecule has 0 aliphatic carbocycles. The Morgan fingerprint density at radius 2 is 2.05 bits per heavy atom. The highest BCUT2D eigenvalue weighted by Gasteiger charge is 2.26. The first-order valence-corrected chi connectivity index (χ1v) is 9.15. The second-order valence-electron chi connectivity index (χ2n) is 5.14. The van der Waals surface area contributed by atoms with Crippen molar-refractivity contribution < 1.29 is 8.42 Å². The van der Waals surface area contributed by atoms with Crippen molar-refractivity contribution in [2.75, 3.05) is 4.72 Å². The van der Waals surface area contributed by atoms with E-state index in [0.29, 0.717) is 16.5 Å². The summed E-state index contributed by atoms with van der Waals surface area (Å²) in [6, 6.07) is 0.110. The maximum Gasteiger partial charge on any atom is 0.267 e. The van der Waals surface area contributed by atoms with E-state index in [1.54, 1.807) is 18.5 Å². The molecule has 0 amide bonds. The van der Waals surface area contributed by atoms with Crippen LogP contribution in [0.1, 0.15) is 43.9 Å². The van der Waals surface area contributed by atoms with E-state index in [9.17, 15) is 8.42 Å². The quantitative estimate of drug-likeness (QED) is 0.915. The lowest BCUT2D eigenvalue weighted by Gasteiger charge is -2.09. The first-order chi connectivity index (χ1) is 9.76. The van der Waals surface area contributed by atoms with Crippen molar-refractivity contribution in [2.24, 2.45) is 0 Å². The van der Waals surface area contributed by atoms with Gasteiger partial charge in [-0.25, -0.2) is 13.4 Å². The summed E-state index contributed by atoms with van der Waals surface area (Å²) in [7, 11) is -3.67. The van der Waals surface area contributed by atoms with Gasteiger partial charge in [0.25, 0.3) is 10.0 Å².